The van der Waals surface area contributed by atoms with E-state index in [-0.39, 0.29) is 5.97 Å². The van der Waals surface area contributed by atoms with Crippen molar-refractivity contribution in [3.8, 4) is 0 Å². The van der Waals surface area contributed by atoms with Crippen molar-refractivity contribution in [3.63, 3.8) is 0 Å². The fourth-order valence-electron chi connectivity index (χ4n) is 4.75. The molecule has 0 spiro atoms. The summed E-state index contributed by atoms with van der Waals surface area (Å²) in [6, 6.07) is 2.14. The van der Waals surface area contributed by atoms with Crippen molar-refractivity contribution in [2.45, 2.75) is 106 Å². The molecule has 1 fully saturated rings. The van der Waals surface area contributed by atoms with Gasteiger partial charge in [0, 0.05) is 121 Å². The fraction of sp³-hybridized carbons (Fsp3) is 0.971. The highest BCUT2D eigenvalue weighted by Crippen LogP contribution is 2.20. The Balaban J connectivity index is -0.000000734. The predicted octanol–water partition coefficient (Wildman–Crippen LogP) is 5.50. The molecule has 0 radical (unpaired) electrons. The van der Waals surface area contributed by atoms with E-state index in [1.165, 1.54) is 28.3 Å². The maximum absolute atomic E-state index is 10.5. The molecule has 1 rings (SSSR count). The van der Waals surface area contributed by atoms with Crippen LogP contribution in [-0.4, -0.2) is 163 Å². The maximum Gasteiger partial charge on any atom is 0.678 e. The van der Waals surface area contributed by atoms with Crippen LogP contribution >= 0.6 is 0 Å². The summed E-state index contributed by atoms with van der Waals surface area (Å²) in [6.45, 7) is 23.8. The fourth-order valence-corrected chi connectivity index (χ4v) is 12.8. The van der Waals surface area contributed by atoms with Crippen molar-refractivity contribution >= 4 is 41.4 Å². The standard InChI is InChI=1S/C12H30O7Si2.C12H26O5Si.C8H18O5Si.C2H6/c1-7-16-20(17-8-2,18-9-3)12-10-11-19-21(13-4,14-5)15-6;1-4-15-18(16-5-2,17-6-3)9-7-8-13-10-12-11-14-12;1-8(9)13-6-5-7-14(10-2,11-3)12-4;1-2/h7-12H2,1-6H3;12H,4-11H2,1-3H3;5-7H2,1-4H3;1-2H3. The molecule has 0 aromatic heterocycles. The molecule has 334 valence electrons. The number of epoxide rings is 1. The van der Waals surface area contributed by atoms with Crippen LogP contribution < -0.4 is 0 Å². The zero-order chi connectivity index (χ0) is 42.5. The molecule has 0 N–H and O–H groups in total. The number of ether oxygens (including phenoxy) is 3. The molecule has 0 amide bonds. The molecule has 21 heteroatoms. The van der Waals surface area contributed by atoms with Gasteiger partial charge in [-0.05, 0) is 60.8 Å². The van der Waals surface area contributed by atoms with Gasteiger partial charge >= 0.3 is 41.4 Å². The van der Waals surface area contributed by atoms with E-state index in [0.717, 1.165) is 25.5 Å². The number of rotatable bonds is 33. The van der Waals surface area contributed by atoms with Crippen molar-refractivity contribution < 1.29 is 76.5 Å². The van der Waals surface area contributed by atoms with E-state index in [4.69, 9.17) is 71.7 Å². The van der Waals surface area contributed by atoms with Gasteiger partial charge in [0.25, 0.3) is 0 Å². The lowest BCUT2D eigenvalue weighted by Crippen LogP contribution is -2.48. The van der Waals surface area contributed by atoms with Crippen LogP contribution in [0.1, 0.15) is 81.6 Å². The molecule has 17 nitrogen and oxygen atoms in total. The van der Waals surface area contributed by atoms with Gasteiger partial charge in [-0.3, -0.25) is 4.79 Å². The molecule has 1 aliphatic rings. The minimum Gasteiger partial charge on any atom is -0.466 e. The van der Waals surface area contributed by atoms with Crippen molar-refractivity contribution in [1.82, 2.24) is 0 Å². The third-order valence-electron chi connectivity index (χ3n) is 7.19. The summed E-state index contributed by atoms with van der Waals surface area (Å²) in [5, 5.41) is 0. The van der Waals surface area contributed by atoms with Crippen LogP contribution in [0.4, 0.5) is 0 Å². The van der Waals surface area contributed by atoms with Crippen molar-refractivity contribution in [3.05, 3.63) is 0 Å². The second-order valence-corrected chi connectivity index (χ2v) is 22.0. The first kappa shape index (κ1) is 59.1. The number of hydrogen-bond acceptors (Lipinski definition) is 17. The highest BCUT2D eigenvalue weighted by Gasteiger charge is 2.44. The lowest BCUT2D eigenvalue weighted by Gasteiger charge is -2.29. The Morgan fingerprint density at radius 2 is 0.873 bits per heavy atom. The molecule has 1 heterocycles. The molecule has 0 aliphatic carbocycles. The molecule has 0 aromatic carbocycles. The number of esters is 1. The topological polar surface area (TPSA) is 168 Å². The Bertz CT molecular complexity index is 791. The van der Waals surface area contributed by atoms with Crippen LogP contribution in [0, 0.1) is 0 Å². The predicted molar refractivity (Wildman–Crippen MR) is 218 cm³/mol. The number of carbonyl (C=O) groups excluding carboxylic acids is 1. The van der Waals surface area contributed by atoms with Gasteiger partial charge in [0.2, 0.25) is 0 Å². The highest BCUT2D eigenvalue weighted by molar-refractivity contribution is 6.61. The maximum atomic E-state index is 10.5. The molecule has 1 aliphatic heterocycles. The SMILES string of the molecule is CC.CCO[Si](CCCOCC1CO1)(OCC)OCC.CCO[Si](CCCO[Si](OC)(OC)OC)(OCC)OCC.CO[Si](CCCOC(C)=O)(OC)OC. The molecule has 1 saturated heterocycles. The summed E-state index contributed by atoms with van der Waals surface area (Å²) in [7, 11) is -1.31. The van der Waals surface area contributed by atoms with Crippen LogP contribution in [0.15, 0.2) is 0 Å². The van der Waals surface area contributed by atoms with Crippen molar-refractivity contribution in [1.29, 1.82) is 0 Å². The number of hydrogen-bond donors (Lipinski definition) is 0. The third kappa shape index (κ3) is 28.7. The highest BCUT2D eigenvalue weighted by atomic mass is 28.4. The Kier molecular flexibility index (Phi) is 40.8. The van der Waals surface area contributed by atoms with Crippen molar-refractivity contribution in [2.75, 3.05) is 115 Å². The van der Waals surface area contributed by atoms with Gasteiger partial charge in [-0.25, -0.2) is 0 Å². The Morgan fingerprint density at radius 1 is 0.527 bits per heavy atom. The van der Waals surface area contributed by atoms with E-state index in [9.17, 15) is 4.79 Å². The zero-order valence-corrected chi connectivity index (χ0v) is 41.0. The monoisotopic (exact) mass is 872 g/mol. The average molecular weight is 873 g/mol. The Hall–Kier alpha value is -0.262. The minimum atomic E-state index is -2.98. The lowest BCUT2D eigenvalue weighted by molar-refractivity contribution is -0.141. The molecule has 0 aromatic rings. The van der Waals surface area contributed by atoms with Gasteiger partial charge in [0.1, 0.15) is 6.10 Å². The first-order chi connectivity index (χ1) is 26.4. The zero-order valence-electron chi connectivity index (χ0n) is 37.0. The van der Waals surface area contributed by atoms with Crippen LogP contribution in [0.25, 0.3) is 0 Å². The normalized spacial score (nSPS) is 14.2. The van der Waals surface area contributed by atoms with E-state index < -0.39 is 35.5 Å². The largest absolute Gasteiger partial charge is 0.678 e. The minimum absolute atomic E-state index is 0.274. The van der Waals surface area contributed by atoms with Gasteiger partial charge in [-0.15, -0.1) is 0 Å². The van der Waals surface area contributed by atoms with E-state index in [2.05, 4.69) is 0 Å². The molecule has 55 heavy (non-hydrogen) atoms. The van der Waals surface area contributed by atoms with Gasteiger partial charge in [-0.2, -0.15) is 0 Å². The molecule has 0 bridgehead atoms. The number of carbonyl (C=O) groups is 1. The summed E-state index contributed by atoms with van der Waals surface area (Å²) in [5.74, 6) is -0.274. The van der Waals surface area contributed by atoms with E-state index >= 15 is 0 Å². The van der Waals surface area contributed by atoms with Gasteiger partial charge in [0.15, 0.2) is 0 Å². The first-order valence-corrected chi connectivity index (χ1v) is 27.0. The quantitative estimate of drug-likeness (QED) is 0.0351. The van der Waals surface area contributed by atoms with Crippen LogP contribution in [-0.2, 0) is 76.5 Å². The van der Waals surface area contributed by atoms with E-state index in [1.807, 2.05) is 55.4 Å². The van der Waals surface area contributed by atoms with Gasteiger partial charge in [-0.1, -0.05) is 13.8 Å². The molecular formula is C34H80O17Si4. The van der Waals surface area contributed by atoms with E-state index in [1.54, 1.807) is 21.3 Å². The first-order valence-electron chi connectivity index (χ1n) is 19.5. The lowest BCUT2D eigenvalue weighted by atomic mass is 10.5. The summed E-state index contributed by atoms with van der Waals surface area (Å²) < 4.78 is 86.8. The average Bonchev–Trinajstić information content (AvgIpc) is 4.02. The second-order valence-electron chi connectivity index (χ2n) is 10.9. The van der Waals surface area contributed by atoms with E-state index in [0.29, 0.717) is 90.7 Å². The molecule has 0 saturated carbocycles. The second kappa shape index (κ2) is 38.0. The third-order valence-corrected chi connectivity index (χ3v) is 18.4. The van der Waals surface area contributed by atoms with Gasteiger partial charge in [0.05, 0.1) is 19.8 Å². The summed E-state index contributed by atoms with van der Waals surface area (Å²) >= 11 is 0. The molecule has 1 unspecified atom stereocenters. The van der Waals surface area contributed by atoms with Crippen LogP contribution in [0.5, 0.6) is 0 Å². The smallest absolute Gasteiger partial charge is 0.466 e. The molecular weight excluding hydrogens is 793 g/mol. The Labute approximate surface area is 338 Å². The molecule has 1 atom stereocenters. The van der Waals surface area contributed by atoms with Crippen molar-refractivity contribution in [2.24, 2.45) is 0 Å². The van der Waals surface area contributed by atoms with Gasteiger partial charge < -0.3 is 71.7 Å². The Morgan fingerprint density at radius 3 is 1.18 bits per heavy atom. The van der Waals surface area contributed by atoms with Crippen LogP contribution in [0.3, 0.4) is 0 Å². The summed E-state index contributed by atoms with van der Waals surface area (Å²) in [4.78, 5) is 10.5. The van der Waals surface area contributed by atoms with Crippen LogP contribution in [0.2, 0.25) is 18.1 Å². The summed E-state index contributed by atoms with van der Waals surface area (Å²) in [5.41, 5.74) is 0. The summed E-state index contributed by atoms with van der Waals surface area (Å²) in [6.07, 6.45) is 2.63.